The minimum absolute atomic E-state index is 0.196. The van der Waals surface area contributed by atoms with E-state index in [2.05, 4.69) is 19.9 Å². The predicted molar refractivity (Wildman–Crippen MR) is 93.6 cm³/mol. The topological polar surface area (TPSA) is 23.8 Å². The second kappa shape index (κ2) is 8.48. The lowest BCUT2D eigenvalue weighted by Crippen LogP contribution is -2.41. The summed E-state index contributed by atoms with van der Waals surface area (Å²) in [5.41, 5.74) is 0.0106. The van der Waals surface area contributed by atoms with Gasteiger partial charge in [0.25, 0.3) is 0 Å². The van der Waals surface area contributed by atoms with Gasteiger partial charge in [0.15, 0.2) is 0 Å². The molecule has 0 spiro atoms. The number of unbranched alkanes of at least 4 members (excludes halogenated alkanes) is 1. The van der Waals surface area contributed by atoms with Gasteiger partial charge in [-0.2, -0.15) is 5.26 Å². The van der Waals surface area contributed by atoms with E-state index in [1.807, 2.05) is 12.1 Å². The monoisotopic (exact) mass is 315 g/mol. The molecule has 1 fully saturated rings. The number of nitriles is 1. The molecule has 2 unspecified atom stereocenters. The Labute approximate surface area is 140 Å². The Morgan fingerprint density at radius 2 is 1.87 bits per heavy atom. The Morgan fingerprint density at radius 3 is 2.43 bits per heavy atom. The van der Waals surface area contributed by atoms with Crippen molar-refractivity contribution in [2.24, 2.45) is 11.8 Å². The summed E-state index contributed by atoms with van der Waals surface area (Å²) in [4.78, 5) is 0. The van der Waals surface area contributed by atoms with Crippen LogP contribution in [0.15, 0.2) is 24.3 Å². The maximum atomic E-state index is 14.7. The van der Waals surface area contributed by atoms with Crippen LogP contribution in [-0.4, -0.2) is 0 Å². The Balaban J connectivity index is 2.52. The molecule has 1 nitrogen and oxygen atoms in total. The molecule has 126 valence electrons. The summed E-state index contributed by atoms with van der Waals surface area (Å²) in [6, 6.07) is 9.69. The number of hydrogen-bond donors (Lipinski definition) is 0. The van der Waals surface area contributed by atoms with Crippen molar-refractivity contribution >= 4 is 0 Å². The van der Waals surface area contributed by atoms with Crippen LogP contribution in [0.5, 0.6) is 0 Å². The van der Waals surface area contributed by atoms with Gasteiger partial charge >= 0.3 is 0 Å². The van der Waals surface area contributed by atoms with E-state index in [1.165, 1.54) is 18.9 Å². The second-order valence-corrected chi connectivity index (χ2v) is 7.07. The Hall–Kier alpha value is -1.36. The normalized spacial score (nSPS) is 19.2. The van der Waals surface area contributed by atoms with Crippen LogP contribution >= 0.6 is 0 Å². The fraction of sp³-hybridized carbons (Fsp3) is 0.667. The third-order valence-corrected chi connectivity index (χ3v) is 5.69. The number of halogens is 1. The highest BCUT2D eigenvalue weighted by atomic mass is 19.1. The van der Waals surface area contributed by atoms with E-state index in [-0.39, 0.29) is 11.7 Å². The molecule has 1 saturated carbocycles. The third-order valence-electron chi connectivity index (χ3n) is 5.69. The van der Waals surface area contributed by atoms with Crippen LogP contribution in [0.25, 0.3) is 0 Å². The average Bonchev–Trinajstić information content (AvgIpc) is 3.10. The van der Waals surface area contributed by atoms with Gasteiger partial charge in [-0.25, -0.2) is 4.39 Å². The number of benzene rings is 1. The number of rotatable bonds is 8. The van der Waals surface area contributed by atoms with Crippen molar-refractivity contribution in [3.8, 4) is 6.07 Å². The molecule has 2 heteroatoms. The first-order valence-corrected chi connectivity index (χ1v) is 9.36. The van der Waals surface area contributed by atoms with Crippen molar-refractivity contribution in [2.45, 2.75) is 77.0 Å². The fourth-order valence-corrected chi connectivity index (χ4v) is 4.59. The third kappa shape index (κ3) is 3.60. The lowest BCUT2D eigenvalue weighted by Gasteiger charge is -2.41. The minimum Gasteiger partial charge on any atom is -0.207 e. The van der Waals surface area contributed by atoms with Crippen LogP contribution in [0.2, 0.25) is 0 Å². The number of nitrogens with zero attached hydrogens (tertiary/aromatic N) is 1. The molecule has 0 N–H and O–H groups in total. The Kier molecular flexibility index (Phi) is 6.63. The summed E-state index contributed by atoms with van der Waals surface area (Å²) in [6.45, 7) is 4.37. The minimum atomic E-state index is -0.646. The van der Waals surface area contributed by atoms with Gasteiger partial charge in [0.1, 0.15) is 5.82 Å². The van der Waals surface area contributed by atoms with Crippen molar-refractivity contribution < 1.29 is 4.39 Å². The summed E-state index contributed by atoms with van der Waals surface area (Å²) in [6.07, 6.45) is 9.83. The summed E-state index contributed by atoms with van der Waals surface area (Å²) < 4.78 is 14.7. The molecule has 2 rings (SSSR count). The summed E-state index contributed by atoms with van der Waals surface area (Å²) in [7, 11) is 0. The first kappa shape index (κ1) is 18.0. The van der Waals surface area contributed by atoms with E-state index in [4.69, 9.17) is 0 Å². The highest BCUT2D eigenvalue weighted by Gasteiger charge is 2.48. The molecule has 0 aliphatic heterocycles. The van der Waals surface area contributed by atoms with Crippen LogP contribution in [0.1, 0.15) is 77.2 Å². The summed E-state index contributed by atoms with van der Waals surface area (Å²) in [5.74, 6) is 0.369. The smallest absolute Gasteiger partial charge is 0.128 e. The van der Waals surface area contributed by atoms with E-state index in [1.54, 1.807) is 6.07 Å². The van der Waals surface area contributed by atoms with Gasteiger partial charge < -0.3 is 0 Å². The van der Waals surface area contributed by atoms with Gasteiger partial charge in [-0.1, -0.05) is 64.2 Å². The molecular weight excluding hydrogens is 285 g/mol. The summed E-state index contributed by atoms with van der Waals surface area (Å²) >= 11 is 0. The lowest BCUT2D eigenvalue weighted by atomic mass is 9.60. The van der Waals surface area contributed by atoms with Gasteiger partial charge in [-0.15, -0.1) is 0 Å². The van der Waals surface area contributed by atoms with Crippen LogP contribution < -0.4 is 0 Å². The molecule has 0 radical (unpaired) electrons. The van der Waals surface area contributed by atoms with Crippen molar-refractivity contribution in [1.29, 1.82) is 5.26 Å². The van der Waals surface area contributed by atoms with Gasteiger partial charge in [0.2, 0.25) is 0 Å². The van der Waals surface area contributed by atoms with E-state index in [0.29, 0.717) is 11.5 Å². The zero-order valence-electron chi connectivity index (χ0n) is 14.7. The zero-order chi connectivity index (χ0) is 16.7. The van der Waals surface area contributed by atoms with Crippen molar-refractivity contribution in [3.05, 3.63) is 35.6 Å². The van der Waals surface area contributed by atoms with E-state index in [0.717, 1.165) is 44.9 Å². The van der Waals surface area contributed by atoms with Crippen LogP contribution in [-0.2, 0) is 5.41 Å². The SMILES string of the molecule is CCCCC(CCC)C(C#N)(c1ccccc1F)C1CCCC1. The standard InChI is InChI=1S/C21H30FN/c1-3-5-11-17(10-4-2)21(16-23,18-12-6-7-13-18)19-14-8-9-15-20(19)22/h8-9,14-15,17-18H,3-7,10-13H2,1-2H3. The van der Waals surface area contributed by atoms with Gasteiger partial charge in [-0.05, 0) is 43.6 Å². The Morgan fingerprint density at radius 1 is 1.17 bits per heavy atom. The van der Waals surface area contributed by atoms with Crippen molar-refractivity contribution in [1.82, 2.24) is 0 Å². The summed E-state index contributed by atoms with van der Waals surface area (Å²) in [5, 5.41) is 10.3. The molecule has 2 atom stereocenters. The lowest BCUT2D eigenvalue weighted by molar-refractivity contribution is 0.199. The highest BCUT2D eigenvalue weighted by Crippen LogP contribution is 2.50. The van der Waals surface area contributed by atoms with E-state index >= 15 is 0 Å². The van der Waals surface area contributed by atoms with Crippen molar-refractivity contribution in [3.63, 3.8) is 0 Å². The van der Waals surface area contributed by atoms with Crippen LogP contribution in [0, 0.1) is 29.0 Å². The first-order valence-electron chi connectivity index (χ1n) is 9.36. The fourth-order valence-electron chi connectivity index (χ4n) is 4.59. The van der Waals surface area contributed by atoms with E-state index < -0.39 is 5.41 Å². The molecule has 23 heavy (non-hydrogen) atoms. The molecule has 1 aliphatic rings. The molecule has 1 aliphatic carbocycles. The van der Waals surface area contributed by atoms with Crippen LogP contribution in [0.3, 0.4) is 0 Å². The van der Waals surface area contributed by atoms with Crippen LogP contribution in [0.4, 0.5) is 4.39 Å². The first-order chi connectivity index (χ1) is 11.2. The molecule has 0 bridgehead atoms. The molecule has 1 aromatic carbocycles. The van der Waals surface area contributed by atoms with Gasteiger partial charge in [0.05, 0.1) is 11.5 Å². The number of hydrogen-bond acceptors (Lipinski definition) is 1. The van der Waals surface area contributed by atoms with E-state index in [9.17, 15) is 9.65 Å². The molecule has 0 amide bonds. The van der Waals surface area contributed by atoms with Crippen molar-refractivity contribution in [2.75, 3.05) is 0 Å². The quantitative estimate of drug-likeness (QED) is 0.545. The second-order valence-electron chi connectivity index (χ2n) is 7.07. The molecule has 0 aromatic heterocycles. The molecule has 0 saturated heterocycles. The molecular formula is C21H30FN. The van der Waals surface area contributed by atoms with Gasteiger partial charge in [-0.3, -0.25) is 0 Å². The zero-order valence-corrected chi connectivity index (χ0v) is 14.7. The highest BCUT2D eigenvalue weighted by molar-refractivity contribution is 5.36. The maximum absolute atomic E-state index is 14.7. The maximum Gasteiger partial charge on any atom is 0.128 e. The molecule has 0 heterocycles. The van der Waals surface area contributed by atoms with Gasteiger partial charge in [0, 0.05) is 5.56 Å². The predicted octanol–water partition coefficient (Wildman–Crippen LogP) is 6.38. The largest absolute Gasteiger partial charge is 0.207 e. The Bertz CT molecular complexity index is 527. The molecule has 1 aromatic rings. The average molecular weight is 315 g/mol.